The molecule has 0 radical (unpaired) electrons. The maximum absolute atomic E-state index is 13.2. The zero-order chi connectivity index (χ0) is 21.8. The van der Waals surface area contributed by atoms with Gasteiger partial charge in [0.1, 0.15) is 0 Å². The van der Waals surface area contributed by atoms with Gasteiger partial charge in [-0.1, -0.05) is 0 Å². The fourth-order valence-electron chi connectivity index (χ4n) is 3.82. The SMILES string of the molecule is N#CCC1(n2cc(C(N)=O)c([AsH]c3ccc(F)cc3)n2)CCN(c2ccncn2)CC1. The van der Waals surface area contributed by atoms with Crippen LogP contribution in [0, 0.1) is 17.1 Å². The molecule has 1 aromatic carbocycles. The van der Waals surface area contributed by atoms with E-state index in [2.05, 4.69) is 20.9 Å². The molecule has 0 bridgehead atoms. The molecule has 0 saturated carbocycles. The Balaban J connectivity index is 1.62. The van der Waals surface area contributed by atoms with Gasteiger partial charge in [0.05, 0.1) is 0 Å². The molecule has 4 rings (SSSR count). The molecule has 158 valence electrons. The summed E-state index contributed by atoms with van der Waals surface area (Å²) in [5.74, 6) is -0.000390. The quantitative estimate of drug-likeness (QED) is 0.504. The molecule has 1 amide bonds. The first-order valence-electron chi connectivity index (χ1n) is 9.81. The van der Waals surface area contributed by atoms with E-state index in [4.69, 9.17) is 10.8 Å². The maximum atomic E-state index is 13.2. The fourth-order valence-corrected chi connectivity index (χ4v) is 6.10. The molecule has 0 spiro atoms. The summed E-state index contributed by atoms with van der Waals surface area (Å²) in [7, 11) is 0. The van der Waals surface area contributed by atoms with Crippen molar-refractivity contribution in [2.45, 2.75) is 24.8 Å². The Morgan fingerprint density at radius 1 is 1.26 bits per heavy atom. The van der Waals surface area contributed by atoms with Crippen molar-refractivity contribution in [2.24, 2.45) is 5.73 Å². The number of nitrogens with zero attached hydrogens (tertiary/aromatic N) is 6. The molecule has 2 aromatic heterocycles. The Kier molecular flexibility index (Phi) is 6.01. The van der Waals surface area contributed by atoms with E-state index in [1.165, 1.54) is 18.5 Å². The van der Waals surface area contributed by atoms with E-state index in [0.717, 1.165) is 10.2 Å². The Morgan fingerprint density at radius 3 is 2.61 bits per heavy atom. The van der Waals surface area contributed by atoms with Crippen LogP contribution >= 0.6 is 0 Å². The van der Waals surface area contributed by atoms with E-state index in [-0.39, 0.29) is 12.2 Å². The average molecular weight is 481 g/mol. The van der Waals surface area contributed by atoms with Crippen molar-refractivity contribution < 1.29 is 9.18 Å². The predicted octanol–water partition coefficient (Wildman–Crippen LogP) is 0.208. The molecule has 0 aliphatic carbocycles. The van der Waals surface area contributed by atoms with Gasteiger partial charge in [0.2, 0.25) is 0 Å². The predicted molar refractivity (Wildman–Crippen MR) is 115 cm³/mol. The van der Waals surface area contributed by atoms with Gasteiger partial charge >= 0.3 is 186 Å². The molecule has 1 atom stereocenters. The van der Waals surface area contributed by atoms with E-state index in [1.807, 2.05) is 6.07 Å². The van der Waals surface area contributed by atoms with Gasteiger partial charge in [-0.3, -0.25) is 0 Å². The molecule has 1 aliphatic rings. The summed E-state index contributed by atoms with van der Waals surface area (Å²) >= 11 is -0.990. The molecule has 3 heterocycles. The van der Waals surface area contributed by atoms with Crippen molar-refractivity contribution >= 4 is 36.3 Å². The fraction of sp³-hybridized carbons (Fsp3) is 0.286. The van der Waals surface area contributed by atoms with Crippen molar-refractivity contribution in [3.8, 4) is 6.07 Å². The summed E-state index contributed by atoms with van der Waals surface area (Å²) < 4.78 is 16.6. The van der Waals surface area contributed by atoms with E-state index in [1.54, 1.807) is 29.2 Å². The third kappa shape index (κ3) is 4.44. The van der Waals surface area contributed by atoms with Crippen molar-refractivity contribution in [1.29, 1.82) is 5.26 Å². The van der Waals surface area contributed by atoms with Crippen LogP contribution in [-0.2, 0) is 5.54 Å². The van der Waals surface area contributed by atoms with E-state index >= 15 is 0 Å². The molecule has 1 fully saturated rings. The van der Waals surface area contributed by atoms with Crippen LogP contribution in [0.1, 0.15) is 29.6 Å². The van der Waals surface area contributed by atoms with Gasteiger partial charge in [-0.05, 0) is 0 Å². The molecule has 2 N–H and O–H groups in total. The van der Waals surface area contributed by atoms with Gasteiger partial charge in [-0.2, -0.15) is 0 Å². The zero-order valence-corrected chi connectivity index (χ0v) is 18.8. The topological polar surface area (TPSA) is 114 Å². The molecule has 1 aliphatic heterocycles. The molecule has 1 saturated heterocycles. The summed E-state index contributed by atoms with van der Waals surface area (Å²) in [6.45, 7) is 1.40. The first kappa shape index (κ1) is 21.0. The van der Waals surface area contributed by atoms with Crippen LogP contribution in [0.4, 0.5) is 10.2 Å². The molecule has 10 heteroatoms. The third-order valence-corrected chi connectivity index (χ3v) is 8.14. The molecular weight excluding hydrogens is 460 g/mol. The number of amides is 1. The van der Waals surface area contributed by atoms with Gasteiger partial charge in [-0.25, -0.2) is 0 Å². The number of carbonyl (C=O) groups is 1. The first-order chi connectivity index (χ1) is 15.0. The normalized spacial score (nSPS) is 15.8. The number of halogens is 1. The minimum absolute atomic E-state index is 0.278. The standard InChI is InChI=1S/C21H21AsFN7O/c23-16-3-1-15(2-4-16)22-19-17(20(25)31)13-30(28-19)21(6-9-24)7-11-29(12-8-21)18-5-10-26-14-27-18/h1-5,10,13-14,22H,6-8,11-12H2,(H2,25,31). The number of piperidine rings is 1. The Labute approximate surface area is 185 Å². The number of carbonyl (C=O) groups excluding carboxylic acids is 1. The number of rotatable bonds is 6. The molecule has 3 aromatic rings. The van der Waals surface area contributed by atoms with Crippen molar-refractivity contribution in [2.75, 3.05) is 18.0 Å². The Bertz CT molecular complexity index is 1100. The number of nitriles is 1. The second kappa shape index (κ2) is 8.86. The number of hydrogen-bond donors (Lipinski definition) is 1. The number of hydrogen-bond acceptors (Lipinski definition) is 6. The van der Waals surface area contributed by atoms with Gasteiger partial charge in [0.15, 0.2) is 0 Å². The van der Waals surface area contributed by atoms with Crippen LogP contribution in [0.15, 0.2) is 49.1 Å². The monoisotopic (exact) mass is 481 g/mol. The van der Waals surface area contributed by atoms with Crippen molar-refractivity contribution in [3.05, 3.63) is 60.4 Å². The van der Waals surface area contributed by atoms with E-state index in [0.29, 0.717) is 36.0 Å². The van der Waals surface area contributed by atoms with Crippen LogP contribution < -0.4 is 19.5 Å². The average Bonchev–Trinajstić information content (AvgIpc) is 3.21. The number of aromatic nitrogens is 4. The minimum atomic E-state index is -0.990. The summed E-state index contributed by atoms with van der Waals surface area (Å²) in [6, 6.07) is 10.4. The Hall–Kier alpha value is -3.24. The zero-order valence-electron chi connectivity index (χ0n) is 16.7. The van der Waals surface area contributed by atoms with Crippen LogP contribution in [0.3, 0.4) is 0 Å². The van der Waals surface area contributed by atoms with Gasteiger partial charge < -0.3 is 0 Å². The van der Waals surface area contributed by atoms with E-state index in [9.17, 15) is 14.4 Å². The summed E-state index contributed by atoms with van der Waals surface area (Å²) in [6.07, 6.45) is 6.55. The molecule has 1 unspecified atom stereocenters. The van der Waals surface area contributed by atoms with Crippen LogP contribution in [0.25, 0.3) is 0 Å². The Morgan fingerprint density at radius 2 is 2.00 bits per heavy atom. The second-order valence-electron chi connectivity index (χ2n) is 7.45. The van der Waals surface area contributed by atoms with Gasteiger partial charge in [0.25, 0.3) is 0 Å². The van der Waals surface area contributed by atoms with Crippen molar-refractivity contribution in [3.63, 3.8) is 0 Å². The van der Waals surface area contributed by atoms with Crippen LogP contribution in [-0.4, -0.2) is 54.5 Å². The van der Waals surface area contributed by atoms with Crippen LogP contribution in [0.5, 0.6) is 0 Å². The summed E-state index contributed by atoms with van der Waals surface area (Å²) in [5.41, 5.74) is 5.49. The third-order valence-electron chi connectivity index (χ3n) is 5.57. The van der Waals surface area contributed by atoms with Crippen LogP contribution in [0.2, 0.25) is 0 Å². The van der Waals surface area contributed by atoms with Gasteiger partial charge in [-0.15, -0.1) is 0 Å². The molecule has 8 nitrogen and oxygen atoms in total. The summed E-state index contributed by atoms with van der Waals surface area (Å²) in [5, 5.41) is 14.3. The van der Waals surface area contributed by atoms with Gasteiger partial charge in [0, 0.05) is 0 Å². The molecule has 31 heavy (non-hydrogen) atoms. The number of benzene rings is 1. The van der Waals surface area contributed by atoms with E-state index < -0.39 is 27.2 Å². The number of anilines is 1. The number of primary amides is 1. The number of nitrogens with two attached hydrogens (primary N) is 1. The second-order valence-corrected chi connectivity index (χ2v) is 10.2. The van der Waals surface area contributed by atoms with Crippen molar-refractivity contribution in [1.82, 2.24) is 19.7 Å². The summed E-state index contributed by atoms with van der Waals surface area (Å²) in [4.78, 5) is 22.5. The first-order valence-corrected chi connectivity index (χ1v) is 11.9. The molecular formula is C21H21AsFN7O.